The SMILES string of the molecule is C[C@@H]1CCN(C(=O)CC#N)C[C@@H]1N(C)c1ncnc2c1ccn2C(=O)CCCC[C@@H]1CCSS1. The summed E-state index contributed by atoms with van der Waals surface area (Å²) in [7, 11) is 5.93. The number of likely N-dealkylation sites (tertiary alicyclic amines) is 1. The lowest BCUT2D eigenvalue weighted by Gasteiger charge is -2.42. The molecule has 2 aliphatic rings. The second-order valence-corrected chi connectivity index (χ2v) is 12.0. The molecule has 10 heteroatoms. The van der Waals surface area contributed by atoms with E-state index in [9.17, 15) is 9.59 Å². The van der Waals surface area contributed by atoms with Crippen molar-refractivity contribution in [3.63, 3.8) is 0 Å². The Morgan fingerprint density at radius 1 is 1.26 bits per heavy atom. The molecule has 0 unspecified atom stereocenters. The van der Waals surface area contributed by atoms with E-state index in [1.165, 1.54) is 24.9 Å². The lowest BCUT2D eigenvalue weighted by molar-refractivity contribution is -0.131. The molecule has 4 heterocycles. The maximum absolute atomic E-state index is 12.9. The number of amides is 1. The maximum atomic E-state index is 12.9. The standard InChI is InChI=1S/C24H32N6O2S2/c1-17-8-12-29(21(31)7-11-25)15-20(17)28(2)23-19-9-13-30(24(19)27-16-26-23)22(32)6-4-3-5-18-10-14-33-34-18/h9,13,16-18,20H,3-8,10,12,14-15H2,1-2H3/t17-,18-,20+/m1/s1. The van der Waals surface area contributed by atoms with Gasteiger partial charge in [0.25, 0.3) is 0 Å². The second kappa shape index (κ2) is 11.5. The molecule has 3 atom stereocenters. The van der Waals surface area contributed by atoms with Gasteiger partial charge >= 0.3 is 0 Å². The number of hydrogen-bond donors (Lipinski definition) is 0. The Bertz CT molecular complexity index is 1060. The van der Waals surface area contributed by atoms with Crippen LogP contribution in [0.15, 0.2) is 18.6 Å². The molecule has 4 rings (SSSR count). The van der Waals surface area contributed by atoms with Crippen LogP contribution in [0.2, 0.25) is 0 Å². The van der Waals surface area contributed by atoms with Crippen LogP contribution in [-0.2, 0) is 4.79 Å². The third kappa shape index (κ3) is 5.52. The number of carbonyl (C=O) groups is 2. The van der Waals surface area contributed by atoms with Gasteiger partial charge in [-0.25, -0.2) is 9.97 Å². The van der Waals surface area contributed by atoms with Gasteiger partial charge in [-0.2, -0.15) is 5.26 Å². The minimum atomic E-state index is -0.123. The smallest absolute Gasteiger partial charge is 0.236 e. The van der Waals surface area contributed by atoms with Gasteiger partial charge in [-0.05, 0) is 37.7 Å². The van der Waals surface area contributed by atoms with Crippen molar-refractivity contribution in [2.75, 3.05) is 30.8 Å². The van der Waals surface area contributed by atoms with Gasteiger partial charge < -0.3 is 9.80 Å². The largest absolute Gasteiger partial charge is 0.354 e. The zero-order chi connectivity index (χ0) is 24.1. The number of likely N-dealkylation sites (N-methyl/N-ethyl adjacent to an activating group) is 1. The third-order valence-electron chi connectivity index (χ3n) is 6.96. The van der Waals surface area contributed by atoms with E-state index < -0.39 is 0 Å². The molecule has 2 aliphatic heterocycles. The zero-order valence-electron chi connectivity index (χ0n) is 19.9. The average molecular weight is 501 g/mol. The summed E-state index contributed by atoms with van der Waals surface area (Å²) in [5, 5.41) is 10.5. The van der Waals surface area contributed by atoms with E-state index in [-0.39, 0.29) is 24.3 Å². The number of fused-ring (bicyclic) bond motifs is 1. The first-order valence-corrected chi connectivity index (χ1v) is 14.4. The molecule has 0 saturated carbocycles. The monoisotopic (exact) mass is 500 g/mol. The van der Waals surface area contributed by atoms with Crippen LogP contribution >= 0.6 is 21.6 Å². The molecular weight excluding hydrogens is 468 g/mol. The van der Waals surface area contributed by atoms with Crippen molar-refractivity contribution in [2.24, 2.45) is 5.92 Å². The highest BCUT2D eigenvalue weighted by atomic mass is 33.1. The van der Waals surface area contributed by atoms with Crippen molar-refractivity contribution in [1.29, 1.82) is 5.26 Å². The summed E-state index contributed by atoms with van der Waals surface area (Å²) >= 11 is 0. The molecule has 0 bridgehead atoms. The molecule has 2 aromatic rings. The number of anilines is 1. The van der Waals surface area contributed by atoms with E-state index in [0.717, 1.165) is 35.7 Å². The molecule has 0 aromatic carbocycles. The molecule has 34 heavy (non-hydrogen) atoms. The number of nitriles is 1. The van der Waals surface area contributed by atoms with Crippen molar-refractivity contribution in [1.82, 2.24) is 19.4 Å². The van der Waals surface area contributed by atoms with Gasteiger partial charge in [-0.1, -0.05) is 34.9 Å². The summed E-state index contributed by atoms with van der Waals surface area (Å²) in [4.78, 5) is 38.1. The molecule has 8 nitrogen and oxygen atoms in total. The van der Waals surface area contributed by atoms with E-state index in [1.54, 1.807) is 15.7 Å². The first-order valence-electron chi connectivity index (χ1n) is 12.0. The summed E-state index contributed by atoms with van der Waals surface area (Å²) in [6, 6.07) is 3.94. The van der Waals surface area contributed by atoms with Crippen LogP contribution in [0.3, 0.4) is 0 Å². The second-order valence-electron chi connectivity index (χ2n) is 9.21. The third-order valence-corrected chi connectivity index (χ3v) is 9.96. The van der Waals surface area contributed by atoms with Gasteiger partial charge in [0.2, 0.25) is 11.8 Å². The lowest BCUT2D eigenvalue weighted by atomic mass is 9.92. The normalized spacial score (nSPS) is 22.6. The fourth-order valence-electron chi connectivity index (χ4n) is 4.87. The van der Waals surface area contributed by atoms with Crippen molar-refractivity contribution >= 4 is 50.3 Å². The van der Waals surface area contributed by atoms with Crippen LogP contribution in [0.1, 0.15) is 56.7 Å². The fraction of sp³-hybridized carbons (Fsp3) is 0.625. The van der Waals surface area contributed by atoms with Crippen LogP contribution in [0.5, 0.6) is 0 Å². The summed E-state index contributed by atoms with van der Waals surface area (Å²) in [5.41, 5.74) is 0.630. The Morgan fingerprint density at radius 3 is 2.88 bits per heavy atom. The number of nitrogens with zero attached hydrogens (tertiary/aromatic N) is 6. The quantitative estimate of drug-likeness (QED) is 0.389. The molecule has 0 radical (unpaired) electrons. The summed E-state index contributed by atoms with van der Waals surface area (Å²) in [6.07, 6.45) is 9.04. The molecule has 182 valence electrons. The number of hydrogen-bond acceptors (Lipinski definition) is 8. The summed E-state index contributed by atoms with van der Waals surface area (Å²) in [6.45, 7) is 3.42. The van der Waals surface area contributed by atoms with Gasteiger partial charge in [0.15, 0.2) is 5.65 Å². The molecular formula is C24H32N6O2S2. The van der Waals surface area contributed by atoms with E-state index in [2.05, 4.69) is 21.8 Å². The first kappa shape index (κ1) is 24.9. The molecule has 2 saturated heterocycles. The van der Waals surface area contributed by atoms with Crippen molar-refractivity contribution in [3.05, 3.63) is 18.6 Å². The predicted octanol–water partition coefficient (Wildman–Crippen LogP) is 4.37. The van der Waals surface area contributed by atoms with E-state index in [4.69, 9.17) is 5.26 Å². The molecule has 2 aromatic heterocycles. The van der Waals surface area contributed by atoms with E-state index in [0.29, 0.717) is 31.1 Å². The van der Waals surface area contributed by atoms with E-state index in [1.807, 2.05) is 40.8 Å². The predicted molar refractivity (Wildman–Crippen MR) is 138 cm³/mol. The van der Waals surface area contributed by atoms with Gasteiger partial charge in [0.1, 0.15) is 18.6 Å². The molecule has 0 spiro atoms. The lowest BCUT2D eigenvalue weighted by Crippen LogP contribution is -2.52. The topological polar surface area (TPSA) is 95.1 Å². The Labute approximate surface area is 208 Å². The van der Waals surface area contributed by atoms with Crippen LogP contribution in [0.25, 0.3) is 11.0 Å². The highest BCUT2D eigenvalue weighted by molar-refractivity contribution is 8.77. The number of aromatic nitrogens is 3. The highest BCUT2D eigenvalue weighted by Gasteiger charge is 2.32. The Morgan fingerprint density at radius 2 is 2.12 bits per heavy atom. The fourth-order valence-corrected chi connectivity index (χ4v) is 7.90. The minimum absolute atomic E-state index is 0.0649. The molecule has 1 amide bonds. The Hall–Kier alpha value is -2.25. The Balaban J connectivity index is 1.44. The van der Waals surface area contributed by atoms with Crippen molar-refractivity contribution < 1.29 is 9.59 Å². The van der Waals surface area contributed by atoms with Gasteiger partial charge in [-0.3, -0.25) is 14.2 Å². The average Bonchev–Trinajstić information content (AvgIpc) is 3.51. The Kier molecular flexibility index (Phi) is 8.37. The molecule has 0 aliphatic carbocycles. The zero-order valence-corrected chi connectivity index (χ0v) is 21.5. The number of unbranched alkanes of at least 4 members (excludes halogenated alkanes) is 1. The number of carbonyl (C=O) groups excluding carboxylic acids is 2. The van der Waals surface area contributed by atoms with Crippen LogP contribution in [-0.4, -0.2) is 68.4 Å². The maximum Gasteiger partial charge on any atom is 0.236 e. The van der Waals surface area contributed by atoms with Crippen LogP contribution in [0.4, 0.5) is 5.82 Å². The van der Waals surface area contributed by atoms with Gasteiger partial charge in [-0.15, -0.1) is 0 Å². The van der Waals surface area contributed by atoms with Crippen LogP contribution in [0, 0.1) is 17.2 Å². The summed E-state index contributed by atoms with van der Waals surface area (Å²) in [5.74, 6) is 2.31. The van der Waals surface area contributed by atoms with Gasteiger partial charge in [0.05, 0.1) is 17.5 Å². The first-order chi connectivity index (χ1) is 16.5. The van der Waals surface area contributed by atoms with Crippen LogP contribution < -0.4 is 4.90 Å². The molecule has 0 N–H and O–H groups in total. The highest BCUT2D eigenvalue weighted by Crippen LogP contribution is 2.40. The van der Waals surface area contributed by atoms with Crippen molar-refractivity contribution in [3.8, 4) is 6.07 Å². The van der Waals surface area contributed by atoms with Gasteiger partial charge in [0, 0.05) is 43.8 Å². The van der Waals surface area contributed by atoms with E-state index >= 15 is 0 Å². The molecule has 2 fully saturated rings. The summed E-state index contributed by atoms with van der Waals surface area (Å²) < 4.78 is 1.65. The minimum Gasteiger partial charge on any atom is -0.354 e. The van der Waals surface area contributed by atoms with Crippen molar-refractivity contribution in [2.45, 2.75) is 63.2 Å². The number of rotatable bonds is 8. The number of piperidine rings is 1.